The number of carbonyl (C=O) groups excluding carboxylic acids is 1. The van der Waals surface area contributed by atoms with Crippen molar-refractivity contribution < 1.29 is 13.2 Å². The molecule has 0 aromatic heterocycles. The van der Waals surface area contributed by atoms with Crippen molar-refractivity contribution in [3.63, 3.8) is 0 Å². The van der Waals surface area contributed by atoms with Gasteiger partial charge in [-0.3, -0.25) is 4.79 Å². The number of sulfonamides is 1. The SMILES string of the molecule is CCC(CC)NC(=O)c1ccc(Br)c(S(=O)(=O)N(C)C)c1. The van der Waals surface area contributed by atoms with Gasteiger partial charge >= 0.3 is 0 Å². The Kier molecular flexibility index (Phi) is 6.37. The second-order valence-corrected chi connectivity index (χ2v) is 7.89. The van der Waals surface area contributed by atoms with Crippen LogP contribution in [0.1, 0.15) is 37.0 Å². The molecular weight excluding hydrogens is 356 g/mol. The third-order valence-electron chi connectivity index (χ3n) is 3.27. The molecule has 0 saturated carbocycles. The maximum atomic E-state index is 12.2. The molecule has 0 fully saturated rings. The quantitative estimate of drug-likeness (QED) is 0.829. The molecule has 0 radical (unpaired) electrons. The molecule has 118 valence electrons. The van der Waals surface area contributed by atoms with Crippen LogP contribution in [0.25, 0.3) is 0 Å². The summed E-state index contributed by atoms with van der Waals surface area (Å²) in [6.45, 7) is 4.00. The van der Waals surface area contributed by atoms with Crippen molar-refractivity contribution in [2.24, 2.45) is 0 Å². The summed E-state index contributed by atoms with van der Waals surface area (Å²) in [5.74, 6) is -0.258. The topological polar surface area (TPSA) is 66.5 Å². The van der Waals surface area contributed by atoms with Crippen molar-refractivity contribution in [3.05, 3.63) is 28.2 Å². The van der Waals surface area contributed by atoms with Gasteiger partial charge in [-0.15, -0.1) is 0 Å². The fraction of sp³-hybridized carbons (Fsp3) is 0.500. The molecule has 0 atom stereocenters. The predicted molar refractivity (Wildman–Crippen MR) is 86.9 cm³/mol. The normalized spacial score (nSPS) is 12.0. The van der Waals surface area contributed by atoms with Gasteiger partial charge in [-0.1, -0.05) is 13.8 Å². The Morgan fingerprint density at radius 3 is 2.33 bits per heavy atom. The van der Waals surface area contributed by atoms with E-state index < -0.39 is 10.0 Å². The molecule has 5 nitrogen and oxygen atoms in total. The van der Waals surface area contributed by atoms with Gasteiger partial charge < -0.3 is 5.32 Å². The molecule has 0 aliphatic carbocycles. The molecule has 21 heavy (non-hydrogen) atoms. The Bertz CT molecular complexity index is 611. The summed E-state index contributed by atoms with van der Waals surface area (Å²) in [5, 5.41) is 2.90. The van der Waals surface area contributed by atoms with Gasteiger partial charge in [0.05, 0.1) is 4.90 Å². The Hall–Kier alpha value is -0.920. The summed E-state index contributed by atoms with van der Waals surface area (Å²) < 4.78 is 26.0. The van der Waals surface area contributed by atoms with Crippen LogP contribution in [-0.2, 0) is 10.0 Å². The molecule has 7 heteroatoms. The second-order valence-electron chi connectivity index (χ2n) is 4.92. The summed E-state index contributed by atoms with van der Waals surface area (Å²) in [6, 6.07) is 4.68. The summed E-state index contributed by atoms with van der Waals surface area (Å²) in [7, 11) is -0.683. The van der Waals surface area contributed by atoms with E-state index in [1.165, 1.54) is 20.2 Å². The molecule has 0 heterocycles. The van der Waals surface area contributed by atoms with Crippen LogP contribution >= 0.6 is 15.9 Å². The molecule has 0 bridgehead atoms. The van der Waals surface area contributed by atoms with E-state index >= 15 is 0 Å². The highest BCUT2D eigenvalue weighted by atomic mass is 79.9. The lowest BCUT2D eigenvalue weighted by molar-refractivity contribution is 0.0934. The van der Waals surface area contributed by atoms with Crippen molar-refractivity contribution in [2.75, 3.05) is 14.1 Å². The summed E-state index contributed by atoms with van der Waals surface area (Å²) in [4.78, 5) is 12.3. The van der Waals surface area contributed by atoms with Gasteiger partial charge in [-0.05, 0) is 47.0 Å². The van der Waals surface area contributed by atoms with Crippen LogP contribution in [0.15, 0.2) is 27.6 Å². The fourth-order valence-corrected chi connectivity index (χ4v) is 3.64. The molecule has 1 N–H and O–H groups in total. The van der Waals surface area contributed by atoms with Crippen molar-refractivity contribution in [2.45, 2.75) is 37.6 Å². The Morgan fingerprint density at radius 1 is 1.29 bits per heavy atom. The maximum absolute atomic E-state index is 12.2. The monoisotopic (exact) mass is 376 g/mol. The highest BCUT2D eigenvalue weighted by Gasteiger charge is 2.22. The van der Waals surface area contributed by atoms with Crippen molar-refractivity contribution >= 4 is 31.9 Å². The van der Waals surface area contributed by atoms with Crippen LogP contribution in [-0.4, -0.2) is 38.8 Å². The van der Waals surface area contributed by atoms with Crippen molar-refractivity contribution in [3.8, 4) is 0 Å². The number of hydrogen-bond donors (Lipinski definition) is 1. The van der Waals surface area contributed by atoms with Crippen LogP contribution in [0.4, 0.5) is 0 Å². The number of nitrogens with one attached hydrogen (secondary N) is 1. The van der Waals surface area contributed by atoms with E-state index in [2.05, 4.69) is 21.2 Å². The van der Waals surface area contributed by atoms with Gasteiger partial charge in [-0.25, -0.2) is 12.7 Å². The zero-order valence-corrected chi connectivity index (χ0v) is 15.1. The van der Waals surface area contributed by atoms with Crippen molar-refractivity contribution in [1.82, 2.24) is 9.62 Å². The number of amides is 1. The minimum atomic E-state index is -3.60. The van der Waals surface area contributed by atoms with Gasteiger partial charge in [0.25, 0.3) is 5.91 Å². The van der Waals surface area contributed by atoms with E-state index in [0.29, 0.717) is 10.0 Å². The predicted octanol–water partition coefficient (Wildman–Crippen LogP) is 2.62. The highest BCUT2D eigenvalue weighted by Crippen LogP contribution is 2.25. The number of benzene rings is 1. The summed E-state index contributed by atoms with van der Waals surface area (Å²) in [5.41, 5.74) is 0.338. The molecule has 1 amide bonds. The maximum Gasteiger partial charge on any atom is 0.251 e. The van der Waals surface area contributed by atoms with Gasteiger partial charge in [0.2, 0.25) is 10.0 Å². The lowest BCUT2D eigenvalue weighted by Crippen LogP contribution is -2.34. The Balaban J connectivity index is 3.16. The first-order valence-electron chi connectivity index (χ1n) is 6.76. The van der Waals surface area contributed by atoms with Crippen LogP contribution in [0.3, 0.4) is 0 Å². The molecule has 1 rings (SSSR count). The van der Waals surface area contributed by atoms with Crippen LogP contribution in [0, 0.1) is 0 Å². The average Bonchev–Trinajstić information content (AvgIpc) is 2.44. The second kappa shape index (κ2) is 7.38. The van der Waals surface area contributed by atoms with E-state index in [-0.39, 0.29) is 16.8 Å². The van der Waals surface area contributed by atoms with Crippen LogP contribution < -0.4 is 5.32 Å². The van der Waals surface area contributed by atoms with Crippen LogP contribution in [0.2, 0.25) is 0 Å². The minimum absolute atomic E-state index is 0.0877. The number of carbonyl (C=O) groups is 1. The number of rotatable bonds is 6. The first kappa shape index (κ1) is 18.1. The smallest absolute Gasteiger partial charge is 0.251 e. The van der Waals surface area contributed by atoms with E-state index in [4.69, 9.17) is 0 Å². The molecular formula is C14H21BrN2O3S. The van der Waals surface area contributed by atoms with Gasteiger partial charge in [0.15, 0.2) is 0 Å². The zero-order valence-electron chi connectivity index (χ0n) is 12.7. The van der Waals surface area contributed by atoms with Gasteiger partial charge in [0.1, 0.15) is 0 Å². The molecule has 0 aliphatic rings. The standard InChI is InChI=1S/C14H21BrN2O3S/c1-5-11(6-2)16-14(18)10-7-8-12(15)13(9-10)21(19,20)17(3)4/h7-9,11H,5-6H2,1-4H3,(H,16,18). The first-order valence-corrected chi connectivity index (χ1v) is 9.00. The van der Waals surface area contributed by atoms with E-state index in [9.17, 15) is 13.2 Å². The molecule has 1 aromatic carbocycles. The van der Waals surface area contributed by atoms with Crippen LogP contribution in [0.5, 0.6) is 0 Å². The van der Waals surface area contributed by atoms with Gasteiger partial charge in [0, 0.05) is 30.2 Å². The first-order chi connectivity index (χ1) is 9.73. The van der Waals surface area contributed by atoms with E-state index in [1.807, 2.05) is 13.8 Å². The summed E-state index contributed by atoms with van der Waals surface area (Å²) in [6.07, 6.45) is 1.67. The minimum Gasteiger partial charge on any atom is -0.349 e. The lowest BCUT2D eigenvalue weighted by atomic mass is 10.1. The number of halogens is 1. The Morgan fingerprint density at radius 2 is 1.86 bits per heavy atom. The van der Waals surface area contributed by atoms with Crippen molar-refractivity contribution in [1.29, 1.82) is 0 Å². The van der Waals surface area contributed by atoms with E-state index in [0.717, 1.165) is 17.1 Å². The van der Waals surface area contributed by atoms with E-state index in [1.54, 1.807) is 12.1 Å². The molecule has 1 aromatic rings. The largest absolute Gasteiger partial charge is 0.349 e. The molecule has 0 saturated heterocycles. The number of nitrogens with zero attached hydrogens (tertiary/aromatic N) is 1. The van der Waals surface area contributed by atoms with Gasteiger partial charge in [-0.2, -0.15) is 0 Å². The highest BCUT2D eigenvalue weighted by molar-refractivity contribution is 9.10. The lowest BCUT2D eigenvalue weighted by Gasteiger charge is -2.16. The molecule has 0 aliphatic heterocycles. The Labute approximate surface area is 134 Å². The zero-order chi connectivity index (χ0) is 16.2. The summed E-state index contributed by atoms with van der Waals surface area (Å²) >= 11 is 3.22. The third-order valence-corrected chi connectivity index (χ3v) is 6.08. The fourth-order valence-electron chi connectivity index (χ4n) is 1.80. The molecule has 0 unspecified atom stereocenters. The number of hydrogen-bond acceptors (Lipinski definition) is 3. The average molecular weight is 377 g/mol. The molecule has 0 spiro atoms. The third kappa shape index (κ3) is 4.28.